The molecule has 3 aromatic carbocycles. The molecule has 245 valence electrons. The van der Waals surface area contributed by atoms with Crippen molar-refractivity contribution in [3.8, 4) is 33.6 Å². The van der Waals surface area contributed by atoms with Crippen molar-refractivity contribution < 1.29 is 33.0 Å². The first kappa shape index (κ1) is 31.0. The number of nitrogens with zero attached hydrogens (tertiary/aromatic N) is 3. The third-order valence-corrected chi connectivity index (χ3v) is 9.99. The molecule has 0 bridgehead atoms. The van der Waals surface area contributed by atoms with E-state index in [0.29, 0.717) is 33.7 Å². The molecular weight excluding hydrogens is 790 g/mol. The molecule has 1 radical (unpaired) electrons. The van der Waals surface area contributed by atoms with Gasteiger partial charge in [0.15, 0.2) is 0 Å². The zero-order valence-electron chi connectivity index (χ0n) is 30.6. The van der Waals surface area contributed by atoms with Crippen molar-refractivity contribution in [2.45, 2.75) is 46.8 Å². The van der Waals surface area contributed by atoms with E-state index < -0.39 is 20.9 Å². The molecule has 0 aliphatic carbocycles. The Hall–Kier alpha value is -4.29. The molecule has 7 aromatic rings. The van der Waals surface area contributed by atoms with Gasteiger partial charge in [0, 0.05) is 42.0 Å². The number of rotatable bonds is 6. The smallest absolute Gasteiger partial charge is 0.218 e. The first-order valence-corrected chi connectivity index (χ1v) is 19.2. The third kappa shape index (κ3) is 7.70. The van der Waals surface area contributed by atoms with Crippen LogP contribution in [0.2, 0.25) is 19.6 Å². The summed E-state index contributed by atoms with van der Waals surface area (Å²) in [4.78, 5) is 12.9. The number of furan rings is 1. The molecule has 0 aliphatic rings. The number of hydrogen-bond donors (Lipinski definition) is 0. The average molecular weight is 831 g/mol. The zero-order valence-corrected chi connectivity index (χ0v) is 31.0. The van der Waals surface area contributed by atoms with E-state index in [-0.39, 0.29) is 31.4 Å². The van der Waals surface area contributed by atoms with Gasteiger partial charge in [-0.15, -0.1) is 54.1 Å². The van der Waals surface area contributed by atoms with Crippen molar-refractivity contribution in [2.24, 2.45) is 5.92 Å². The Bertz CT molecular complexity index is 2270. The molecule has 0 aliphatic heterocycles. The molecule has 0 saturated heterocycles. The van der Waals surface area contributed by atoms with Gasteiger partial charge in [-0.2, -0.15) is 9.37 Å². The van der Waals surface area contributed by atoms with Crippen molar-refractivity contribution in [1.82, 2.24) is 15.0 Å². The monoisotopic (exact) mass is 831 g/mol. The molecule has 0 fully saturated rings. The third-order valence-electron chi connectivity index (χ3n) is 7.92. The predicted octanol–water partition coefficient (Wildman–Crippen LogP) is 10.2. The van der Waals surface area contributed by atoms with Gasteiger partial charge in [0.2, 0.25) is 11.7 Å². The minimum absolute atomic E-state index is 0. The number of halogens is 1. The second-order valence-electron chi connectivity index (χ2n) is 13.0. The first-order chi connectivity index (χ1) is 23.8. The van der Waals surface area contributed by atoms with Crippen LogP contribution in [-0.2, 0) is 26.5 Å². The Kier molecular flexibility index (Phi) is 9.60. The summed E-state index contributed by atoms with van der Waals surface area (Å²) in [6, 6.07) is 34.2. The van der Waals surface area contributed by atoms with Gasteiger partial charge in [-0.3, -0.25) is 0 Å². The molecule has 0 amide bonds. The molecule has 4 aromatic heterocycles. The molecule has 0 saturated carbocycles. The fourth-order valence-electron chi connectivity index (χ4n) is 5.72. The zero-order chi connectivity index (χ0) is 35.6. The first-order valence-electron chi connectivity index (χ1n) is 17.2. The molecule has 0 atom stereocenters. The van der Waals surface area contributed by atoms with E-state index in [2.05, 4.69) is 78.9 Å². The van der Waals surface area contributed by atoms with Gasteiger partial charge >= 0.3 is 0 Å². The fraction of sp³-hybridized carbons (Fsp3) is 0.195. The Morgan fingerprint density at radius 2 is 1.62 bits per heavy atom. The summed E-state index contributed by atoms with van der Waals surface area (Å²) in [5, 5.41) is 2.93. The summed E-state index contributed by atoms with van der Waals surface area (Å²) in [6.45, 7) is 9.42. The van der Waals surface area contributed by atoms with E-state index in [1.54, 1.807) is 18.2 Å². The Labute approximate surface area is 301 Å². The van der Waals surface area contributed by atoms with Crippen molar-refractivity contribution in [2.75, 3.05) is 0 Å². The topological polar surface area (TPSA) is 51.8 Å². The minimum Gasteiger partial charge on any atom is -0.486 e. The second kappa shape index (κ2) is 14.9. The van der Waals surface area contributed by atoms with E-state index in [1.165, 1.54) is 23.0 Å². The van der Waals surface area contributed by atoms with E-state index >= 15 is 0 Å². The standard InChI is InChI=1S/C23H14FN2O.C18H24NSi.Ir/c1-14-13-25-20(12-19(14)15-6-3-2-4-7-15)18-9-5-8-16-17-10-11-21(24)26-23(17)27-22(16)18;1-14(2)11-16-12-17(15-9-7-6-8-10-15)19-13-18(16)20(3,4)5;/h2-8,10-13H,1H3;6-9,12-14H,11H2,1-5H3;/q2*-1;/i1D3;;. The Morgan fingerprint density at radius 3 is 2.33 bits per heavy atom. The number of benzene rings is 3. The number of aryl methyl sites for hydroxylation is 1. The summed E-state index contributed by atoms with van der Waals surface area (Å²) in [7, 11) is -1.34. The molecule has 48 heavy (non-hydrogen) atoms. The van der Waals surface area contributed by atoms with Gasteiger partial charge in [-0.1, -0.05) is 92.5 Å². The van der Waals surface area contributed by atoms with Crippen LogP contribution in [0.15, 0.2) is 108 Å². The van der Waals surface area contributed by atoms with Crippen LogP contribution in [0.1, 0.15) is 29.1 Å². The maximum atomic E-state index is 13.5. The normalized spacial score (nSPS) is 12.5. The van der Waals surface area contributed by atoms with Gasteiger partial charge in [0.05, 0.1) is 13.7 Å². The summed E-state index contributed by atoms with van der Waals surface area (Å²) < 4.78 is 43.0. The quantitative estimate of drug-likeness (QED) is 0.0952. The largest absolute Gasteiger partial charge is 0.486 e. The van der Waals surface area contributed by atoms with Gasteiger partial charge in [-0.05, 0) is 64.6 Å². The SMILES string of the molecule is CC(C)Cc1cc(-c2[c-]cccc2)ncc1[Si](C)(C)C.[2H]C([2H])([2H])c1cnc(-c2[c-]ccc3c2oc2nc(F)ccc23)cc1-c1ccccc1.[Ir]. The maximum absolute atomic E-state index is 13.5. The van der Waals surface area contributed by atoms with Crippen LogP contribution in [0.3, 0.4) is 0 Å². The summed E-state index contributed by atoms with van der Waals surface area (Å²) >= 11 is 0. The van der Waals surface area contributed by atoms with Crippen molar-refractivity contribution >= 4 is 35.3 Å². The number of hydrogen-bond acceptors (Lipinski definition) is 4. The molecule has 0 N–H and O–H groups in total. The van der Waals surface area contributed by atoms with Crippen molar-refractivity contribution in [3.63, 3.8) is 0 Å². The van der Waals surface area contributed by atoms with Crippen LogP contribution in [-0.4, -0.2) is 23.0 Å². The van der Waals surface area contributed by atoms with Gasteiger partial charge < -0.3 is 14.4 Å². The second-order valence-corrected chi connectivity index (χ2v) is 18.1. The van der Waals surface area contributed by atoms with Crippen molar-refractivity contribution in [3.05, 3.63) is 133 Å². The molecule has 0 unspecified atom stereocenters. The van der Waals surface area contributed by atoms with E-state index in [0.717, 1.165) is 28.6 Å². The van der Waals surface area contributed by atoms with Crippen LogP contribution in [0, 0.1) is 30.9 Å². The molecule has 0 spiro atoms. The molecule has 7 rings (SSSR count). The van der Waals surface area contributed by atoms with Crippen LogP contribution in [0.25, 0.3) is 55.7 Å². The van der Waals surface area contributed by atoms with Crippen LogP contribution in [0.5, 0.6) is 0 Å². The summed E-state index contributed by atoms with van der Waals surface area (Å²) in [5.74, 6) is 0.0405. The van der Waals surface area contributed by atoms with Gasteiger partial charge in [0.1, 0.15) is 0 Å². The summed E-state index contributed by atoms with van der Waals surface area (Å²) in [6.07, 6.45) is 4.61. The average Bonchev–Trinajstić information content (AvgIpc) is 3.45. The fourth-order valence-corrected chi connectivity index (χ4v) is 7.31. The molecular formula is C41H38FIrN3OSi-2. The Morgan fingerprint density at radius 1 is 0.854 bits per heavy atom. The van der Waals surface area contributed by atoms with Crippen LogP contribution >= 0.6 is 0 Å². The molecule has 4 heterocycles. The van der Waals surface area contributed by atoms with Gasteiger partial charge in [-0.25, -0.2) is 0 Å². The summed E-state index contributed by atoms with van der Waals surface area (Å²) in [5.41, 5.74) is 6.82. The van der Waals surface area contributed by atoms with E-state index in [4.69, 9.17) is 8.53 Å². The van der Waals surface area contributed by atoms with E-state index in [1.807, 2.05) is 54.6 Å². The molecule has 7 heteroatoms. The molecule has 4 nitrogen and oxygen atoms in total. The predicted molar refractivity (Wildman–Crippen MR) is 194 cm³/mol. The number of pyridine rings is 3. The van der Waals surface area contributed by atoms with Crippen LogP contribution in [0.4, 0.5) is 4.39 Å². The number of fused-ring (bicyclic) bond motifs is 3. The van der Waals surface area contributed by atoms with Gasteiger partial charge in [0.25, 0.3) is 0 Å². The minimum atomic E-state index is -2.31. The van der Waals surface area contributed by atoms with E-state index in [9.17, 15) is 4.39 Å². The van der Waals surface area contributed by atoms with Crippen molar-refractivity contribution in [1.29, 1.82) is 0 Å². The Balaban J connectivity index is 0.000000211. The maximum Gasteiger partial charge on any atom is 0.218 e. The number of aromatic nitrogens is 3. The van der Waals surface area contributed by atoms with Crippen LogP contribution < -0.4 is 5.19 Å².